The molecule has 0 aromatic rings. The summed E-state index contributed by atoms with van der Waals surface area (Å²) in [5.74, 6) is 1.53. The number of carbonyl (C=O) groups excluding carboxylic acids is 1. The van der Waals surface area contributed by atoms with Crippen molar-refractivity contribution in [2.45, 2.75) is 139 Å². The molecule has 0 aromatic carbocycles. The van der Waals surface area contributed by atoms with Crippen molar-refractivity contribution in [3.63, 3.8) is 0 Å². The van der Waals surface area contributed by atoms with Crippen molar-refractivity contribution in [2.24, 2.45) is 50.2 Å². The van der Waals surface area contributed by atoms with E-state index in [0.29, 0.717) is 17.8 Å². The molecule has 0 bridgehead atoms. The van der Waals surface area contributed by atoms with Crippen LogP contribution in [-0.4, -0.2) is 23.3 Å². The molecule has 0 aromatic heterocycles. The zero-order chi connectivity index (χ0) is 28.1. The van der Waals surface area contributed by atoms with E-state index >= 15 is 0 Å². The first-order valence-corrected chi connectivity index (χ1v) is 15.6. The first kappa shape index (κ1) is 28.4. The molecule has 4 fully saturated rings. The van der Waals surface area contributed by atoms with E-state index in [1.165, 1.54) is 25.7 Å². The molecule has 0 spiro atoms. The highest BCUT2D eigenvalue weighted by Crippen LogP contribution is 2.75. The summed E-state index contributed by atoms with van der Waals surface area (Å²) in [6, 6.07) is 0. The van der Waals surface area contributed by atoms with Gasteiger partial charge in [-0.1, -0.05) is 72.6 Å². The lowest BCUT2D eigenvalue weighted by atomic mass is 9.33. The molecule has 9 atom stereocenters. The molecular formula is C35H56O3. The van der Waals surface area contributed by atoms with Crippen LogP contribution in [0.2, 0.25) is 0 Å². The van der Waals surface area contributed by atoms with E-state index in [1.54, 1.807) is 11.6 Å². The number of aliphatic hydroxyl groups excluding tert-OH is 1. The number of hydrogen-bond donors (Lipinski definition) is 1. The fourth-order valence-electron chi connectivity index (χ4n) is 11.2. The highest BCUT2D eigenvalue weighted by molar-refractivity contribution is 5.82. The van der Waals surface area contributed by atoms with Crippen LogP contribution in [0.4, 0.5) is 0 Å². The molecule has 0 aliphatic heterocycles. The third-order valence-corrected chi connectivity index (χ3v) is 13.7. The van der Waals surface area contributed by atoms with Gasteiger partial charge in [0.1, 0.15) is 6.10 Å². The largest absolute Gasteiger partial charge is 0.459 e. The summed E-state index contributed by atoms with van der Waals surface area (Å²) in [7, 11) is 0. The average Bonchev–Trinajstić information content (AvgIpc) is 2.78. The summed E-state index contributed by atoms with van der Waals surface area (Å²) >= 11 is 0. The molecule has 5 rings (SSSR count). The SMILES string of the molecule is CC(C)=CC(=O)O[C@@H]1CC(C)(C)C[C@H]2C3=CCC4[C@@]5(C)CC[C@H](O)C(C)(C)C5CC[C@@]4(C)[C@]3(C)CC[C@@]12C. The molecule has 1 N–H and O–H groups in total. The molecule has 38 heavy (non-hydrogen) atoms. The van der Waals surface area contributed by atoms with Gasteiger partial charge in [0.15, 0.2) is 0 Å². The normalized spacial score (nSPS) is 48.8. The number of allylic oxidation sites excluding steroid dienone is 3. The van der Waals surface area contributed by atoms with E-state index in [0.717, 1.165) is 37.7 Å². The maximum Gasteiger partial charge on any atom is 0.330 e. The van der Waals surface area contributed by atoms with E-state index in [2.05, 4.69) is 61.5 Å². The van der Waals surface area contributed by atoms with E-state index in [1.807, 2.05) is 13.8 Å². The molecule has 214 valence electrons. The third kappa shape index (κ3) is 3.87. The first-order valence-electron chi connectivity index (χ1n) is 15.6. The fraction of sp³-hybridized carbons (Fsp3) is 0.857. The molecule has 4 saturated carbocycles. The molecule has 3 nitrogen and oxygen atoms in total. The van der Waals surface area contributed by atoms with Crippen LogP contribution in [0.25, 0.3) is 0 Å². The maximum absolute atomic E-state index is 12.8. The molecule has 5 aliphatic rings. The van der Waals surface area contributed by atoms with Crippen LogP contribution < -0.4 is 0 Å². The minimum Gasteiger partial charge on any atom is -0.459 e. The van der Waals surface area contributed by atoms with Gasteiger partial charge in [-0.3, -0.25) is 0 Å². The van der Waals surface area contributed by atoms with Crippen molar-refractivity contribution in [1.29, 1.82) is 0 Å². The van der Waals surface area contributed by atoms with Gasteiger partial charge in [0, 0.05) is 11.5 Å². The summed E-state index contributed by atoms with van der Waals surface area (Å²) in [5, 5.41) is 11.0. The number of rotatable bonds is 2. The Morgan fingerprint density at radius 3 is 2.24 bits per heavy atom. The molecule has 2 unspecified atom stereocenters. The van der Waals surface area contributed by atoms with Gasteiger partial charge in [0.2, 0.25) is 0 Å². The van der Waals surface area contributed by atoms with Crippen LogP contribution >= 0.6 is 0 Å². The summed E-state index contributed by atoms with van der Waals surface area (Å²) in [6.45, 7) is 23.7. The van der Waals surface area contributed by atoms with Crippen molar-refractivity contribution < 1.29 is 14.6 Å². The predicted octanol–water partition coefficient (Wildman–Crippen LogP) is 8.66. The quantitative estimate of drug-likeness (QED) is 0.223. The lowest BCUT2D eigenvalue weighted by molar-refractivity contribution is -0.209. The predicted molar refractivity (Wildman–Crippen MR) is 155 cm³/mol. The van der Waals surface area contributed by atoms with Gasteiger partial charge >= 0.3 is 5.97 Å². The highest BCUT2D eigenvalue weighted by Gasteiger charge is 2.68. The molecule has 0 saturated heterocycles. The number of ether oxygens (including phenoxy) is 1. The summed E-state index contributed by atoms with van der Waals surface area (Å²) in [6.07, 6.45) is 14.3. The van der Waals surface area contributed by atoms with Crippen LogP contribution in [0.1, 0.15) is 127 Å². The fourth-order valence-corrected chi connectivity index (χ4v) is 11.2. The molecule has 0 radical (unpaired) electrons. The number of hydrogen-bond acceptors (Lipinski definition) is 3. The van der Waals surface area contributed by atoms with Gasteiger partial charge in [0.25, 0.3) is 0 Å². The van der Waals surface area contributed by atoms with Gasteiger partial charge in [-0.15, -0.1) is 0 Å². The minimum absolute atomic E-state index is 0.00670. The van der Waals surface area contributed by atoms with Crippen LogP contribution in [-0.2, 0) is 9.53 Å². The molecule has 0 heterocycles. The second kappa shape index (κ2) is 8.70. The van der Waals surface area contributed by atoms with Crippen LogP contribution in [0.3, 0.4) is 0 Å². The first-order chi connectivity index (χ1) is 17.4. The van der Waals surface area contributed by atoms with Crippen molar-refractivity contribution in [3.8, 4) is 0 Å². The molecule has 5 aliphatic carbocycles. The van der Waals surface area contributed by atoms with Crippen molar-refractivity contribution in [1.82, 2.24) is 0 Å². The van der Waals surface area contributed by atoms with Crippen molar-refractivity contribution in [3.05, 3.63) is 23.3 Å². The van der Waals surface area contributed by atoms with Gasteiger partial charge in [-0.25, -0.2) is 4.79 Å². The van der Waals surface area contributed by atoms with Crippen molar-refractivity contribution in [2.75, 3.05) is 0 Å². The maximum atomic E-state index is 12.8. The Hall–Kier alpha value is -1.09. The van der Waals surface area contributed by atoms with E-state index in [9.17, 15) is 9.90 Å². The lowest BCUT2D eigenvalue weighted by Crippen LogP contribution is -2.65. The smallest absolute Gasteiger partial charge is 0.330 e. The van der Waals surface area contributed by atoms with E-state index in [4.69, 9.17) is 4.74 Å². The Balaban J connectivity index is 1.54. The van der Waals surface area contributed by atoms with Gasteiger partial charge < -0.3 is 9.84 Å². The van der Waals surface area contributed by atoms with Gasteiger partial charge in [-0.05, 0) is 116 Å². The Kier molecular flexibility index (Phi) is 6.51. The number of fused-ring (bicyclic) bond motifs is 7. The summed E-state index contributed by atoms with van der Waals surface area (Å²) in [5.41, 5.74) is 3.53. The summed E-state index contributed by atoms with van der Waals surface area (Å²) in [4.78, 5) is 12.8. The van der Waals surface area contributed by atoms with Crippen LogP contribution in [0.15, 0.2) is 23.3 Å². The van der Waals surface area contributed by atoms with Gasteiger partial charge in [-0.2, -0.15) is 0 Å². The average molecular weight is 525 g/mol. The Labute approximate surface area is 233 Å². The lowest BCUT2D eigenvalue weighted by Gasteiger charge is -2.71. The monoisotopic (exact) mass is 524 g/mol. The van der Waals surface area contributed by atoms with Crippen LogP contribution in [0.5, 0.6) is 0 Å². The Bertz CT molecular complexity index is 1050. The Morgan fingerprint density at radius 1 is 0.895 bits per heavy atom. The number of esters is 1. The molecular weight excluding hydrogens is 468 g/mol. The van der Waals surface area contributed by atoms with Gasteiger partial charge in [0.05, 0.1) is 6.10 Å². The molecule has 3 heteroatoms. The van der Waals surface area contributed by atoms with E-state index < -0.39 is 0 Å². The Morgan fingerprint density at radius 2 is 1.58 bits per heavy atom. The van der Waals surface area contributed by atoms with E-state index in [-0.39, 0.29) is 50.7 Å². The number of aliphatic hydroxyl groups is 1. The van der Waals surface area contributed by atoms with Crippen molar-refractivity contribution >= 4 is 5.97 Å². The zero-order valence-corrected chi connectivity index (χ0v) is 26.2. The zero-order valence-electron chi connectivity index (χ0n) is 26.2. The number of carbonyl (C=O) groups is 1. The third-order valence-electron chi connectivity index (χ3n) is 13.7. The summed E-state index contributed by atoms with van der Waals surface area (Å²) < 4.78 is 6.31. The highest BCUT2D eigenvalue weighted by atomic mass is 16.5. The van der Waals surface area contributed by atoms with Crippen LogP contribution in [0, 0.1) is 50.2 Å². The second-order valence-corrected chi connectivity index (χ2v) is 16.9. The topological polar surface area (TPSA) is 46.5 Å². The minimum atomic E-state index is -0.180. The molecule has 0 amide bonds. The standard InChI is InChI=1S/C35H56O3/c1-22(2)19-29(37)38-28-21-30(3,4)20-24-23-11-12-26-33(8)15-14-27(36)31(5,6)25(33)13-16-35(26,10)34(23,9)18-17-32(24,28)7/h11,19,24-28,36H,12-18,20-21H2,1-10H3/t24-,25?,26?,27-,28+,32+,33-,34+,35+/m0/s1. The second-order valence-electron chi connectivity index (χ2n) is 16.9.